The maximum atomic E-state index is 12.1. The second-order valence-electron chi connectivity index (χ2n) is 5.69. The highest BCUT2D eigenvalue weighted by molar-refractivity contribution is 6.04. The van der Waals surface area contributed by atoms with E-state index in [9.17, 15) is 9.59 Å². The highest BCUT2D eigenvalue weighted by Gasteiger charge is 2.14. The number of carbonyl (C=O) groups is 1. The Morgan fingerprint density at radius 3 is 2.30 bits per heavy atom. The summed E-state index contributed by atoms with van der Waals surface area (Å²) in [7, 11) is 0. The smallest absolute Gasteiger partial charge is 0.271 e. The molecular formula is C16H18N2O2. The molecule has 0 aliphatic heterocycles. The van der Waals surface area contributed by atoms with Gasteiger partial charge in [0.2, 0.25) is 0 Å². The highest BCUT2D eigenvalue weighted by Crippen LogP contribution is 2.22. The van der Waals surface area contributed by atoms with E-state index in [0.717, 1.165) is 5.56 Å². The van der Waals surface area contributed by atoms with E-state index in [0.29, 0.717) is 5.56 Å². The van der Waals surface area contributed by atoms with Crippen LogP contribution in [0, 0.1) is 0 Å². The van der Waals surface area contributed by atoms with Crippen molar-refractivity contribution in [2.45, 2.75) is 26.2 Å². The Bertz CT molecular complexity index is 664. The van der Waals surface area contributed by atoms with E-state index in [1.807, 2.05) is 12.1 Å². The average Bonchev–Trinajstić information content (AvgIpc) is 2.40. The maximum absolute atomic E-state index is 12.1. The number of nitrogens with one attached hydrogen (secondary N) is 2. The summed E-state index contributed by atoms with van der Waals surface area (Å²) in [5.74, 6) is -0.290. The molecule has 2 aromatic rings. The van der Waals surface area contributed by atoms with Gasteiger partial charge in [-0.2, -0.15) is 0 Å². The lowest BCUT2D eigenvalue weighted by atomic mass is 9.87. The number of anilines is 1. The van der Waals surface area contributed by atoms with Crippen molar-refractivity contribution in [3.63, 3.8) is 0 Å². The highest BCUT2D eigenvalue weighted by atomic mass is 16.2. The zero-order valence-corrected chi connectivity index (χ0v) is 11.9. The molecule has 0 saturated heterocycles. The Kier molecular flexibility index (Phi) is 3.74. The second kappa shape index (κ2) is 5.33. The van der Waals surface area contributed by atoms with E-state index in [1.54, 1.807) is 24.3 Å². The minimum atomic E-state index is -0.313. The van der Waals surface area contributed by atoms with Crippen LogP contribution in [0.4, 0.5) is 5.69 Å². The molecule has 4 nitrogen and oxygen atoms in total. The molecule has 0 atom stereocenters. The van der Waals surface area contributed by atoms with Crippen molar-refractivity contribution >= 4 is 11.6 Å². The van der Waals surface area contributed by atoms with Gasteiger partial charge in [0.25, 0.3) is 11.5 Å². The third kappa shape index (κ3) is 3.15. The van der Waals surface area contributed by atoms with Crippen LogP contribution < -0.4 is 10.9 Å². The molecule has 104 valence electrons. The summed E-state index contributed by atoms with van der Waals surface area (Å²) in [5, 5.41) is 2.60. The second-order valence-corrected chi connectivity index (χ2v) is 5.69. The lowest BCUT2D eigenvalue weighted by Gasteiger charge is -2.19. The molecule has 1 aromatic carbocycles. The summed E-state index contributed by atoms with van der Waals surface area (Å²) in [6.45, 7) is 6.35. The summed E-state index contributed by atoms with van der Waals surface area (Å²) in [5.41, 5.74) is 1.67. The van der Waals surface area contributed by atoms with Crippen molar-refractivity contribution in [2.24, 2.45) is 0 Å². The van der Waals surface area contributed by atoms with E-state index < -0.39 is 0 Å². The fraction of sp³-hybridized carbons (Fsp3) is 0.250. The fourth-order valence-corrected chi connectivity index (χ4v) is 1.84. The quantitative estimate of drug-likeness (QED) is 0.881. The van der Waals surface area contributed by atoms with Crippen LogP contribution in [0.15, 0.2) is 47.4 Å². The number of pyridine rings is 1. The molecule has 2 N–H and O–H groups in total. The van der Waals surface area contributed by atoms with Gasteiger partial charge >= 0.3 is 0 Å². The summed E-state index contributed by atoms with van der Waals surface area (Å²) in [6, 6.07) is 10.6. The third-order valence-electron chi connectivity index (χ3n) is 3.08. The Morgan fingerprint density at radius 2 is 1.75 bits per heavy atom. The van der Waals surface area contributed by atoms with Crippen LogP contribution in [0.2, 0.25) is 0 Å². The van der Waals surface area contributed by atoms with Crippen LogP contribution in [0.5, 0.6) is 0 Å². The molecule has 0 unspecified atom stereocenters. The fourth-order valence-electron chi connectivity index (χ4n) is 1.84. The average molecular weight is 270 g/mol. The van der Waals surface area contributed by atoms with E-state index >= 15 is 0 Å². The minimum absolute atomic E-state index is 0.0472. The van der Waals surface area contributed by atoms with Gasteiger partial charge < -0.3 is 10.3 Å². The van der Waals surface area contributed by atoms with Gasteiger partial charge in [-0.05, 0) is 35.2 Å². The van der Waals surface area contributed by atoms with E-state index in [-0.39, 0.29) is 22.6 Å². The first-order chi connectivity index (χ1) is 9.38. The van der Waals surface area contributed by atoms with Crippen molar-refractivity contribution in [1.82, 2.24) is 4.98 Å². The Hall–Kier alpha value is -2.36. The zero-order valence-electron chi connectivity index (χ0n) is 11.9. The lowest BCUT2D eigenvalue weighted by molar-refractivity contribution is 0.102. The number of hydrogen-bond acceptors (Lipinski definition) is 2. The van der Waals surface area contributed by atoms with Gasteiger partial charge in [-0.25, -0.2) is 0 Å². The number of aromatic nitrogens is 1. The predicted molar refractivity (Wildman–Crippen MR) is 80.2 cm³/mol. The first-order valence-corrected chi connectivity index (χ1v) is 6.47. The van der Waals surface area contributed by atoms with Crippen molar-refractivity contribution < 1.29 is 4.79 Å². The first-order valence-electron chi connectivity index (χ1n) is 6.47. The van der Waals surface area contributed by atoms with Crippen LogP contribution >= 0.6 is 0 Å². The number of aromatic amines is 1. The van der Waals surface area contributed by atoms with Crippen LogP contribution in [-0.4, -0.2) is 10.9 Å². The number of H-pyrrole nitrogens is 1. The lowest BCUT2D eigenvalue weighted by Crippen LogP contribution is -2.19. The molecule has 20 heavy (non-hydrogen) atoms. The molecule has 0 aliphatic carbocycles. The third-order valence-corrected chi connectivity index (χ3v) is 3.08. The largest absolute Gasteiger partial charge is 0.327 e. The van der Waals surface area contributed by atoms with Crippen LogP contribution in [0.1, 0.15) is 36.7 Å². The normalized spacial score (nSPS) is 11.2. The summed E-state index contributed by atoms with van der Waals surface area (Å²) in [6.07, 6.45) is 1.52. The molecule has 0 bridgehead atoms. The van der Waals surface area contributed by atoms with Crippen molar-refractivity contribution in [2.75, 3.05) is 5.32 Å². The number of rotatable bonds is 2. The van der Waals surface area contributed by atoms with E-state index in [1.165, 1.54) is 6.20 Å². The first kappa shape index (κ1) is 14.1. The standard InChI is InChI=1S/C16H18N2O2/c1-16(2,3)12-8-6-11(7-9-12)14(19)18-13-5-4-10-17-15(13)20/h4-10H,1-3H3,(H,17,20)(H,18,19). The van der Waals surface area contributed by atoms with Gasteiger partial charge in [-0.3, -0.25) is 9.59 Å². The van der Waals surface area contributed by atoms with Crippen molar-refractivity contribution in [3.8, 4) is 0 Å². The number of amides is 1. The van der Waals surface area contributed by atoms with Gasteiger partial charge in [0.1, 0.15) is 5.69 Å². The molecule has 0 radical (unpaired) electrons. The van der Waals surface area contributed by atoms with Crippen LogP contribution in [0.25, 0.3) is 0 Å². The molecule has 0 saturated carbocycles. The molecule has 4 heteroatoms. The van der Waals surface area contributed by atoms with Gasteiger partial charge in [-0.15, -0.1) is 0 Å². The monoisotopic (exact) mass is 270 g/mol. The molecule has 1 heterocycles. The SMILES string of the molecule is CC(C)(C)c1ccc(C(=O)Nc2ccc[nH]c2=O)cc1. The Labute approximate surface area is 117 Å². The number of hydrogen-bond donors (Lipinski definition) is 2. The summed E-state index contributed by atoms with van der Waals surface area (Å²) < 4.78 is 0. The van der Waals surface area contributed by atoms with E-state index in [2.05, 4.69) is 31.1 Å². The predicted octanol–water partition coefficient (Wildman–Crippen LogP) is 2.92. The Balaban J connectivity index is 2.18. The zero-order chi connectivity index (χ0) is 14.8. The van der Waals surface area contributed by atoms with Gasteiger partial charge in [0, 0.05) is 11.8 Å². The minimum Gasteiger partial charge on any atom is -0.327 e. The molecular weight excluding hydrogens is 252 g/mol. The van der Waals surface area contributed by atoms with Gasteiger partial charge in [0.15, 0.2) is 0 Å². The molecule has 1 amide bonds. The van der Waals surface area contributed by atoms with Crippen LogP contribution in [-0.2, 0) is 5.41 Å². The van der Waals surface area contributed by atoms with Crippen molar-refractivity contribution in [3.05, 3.63) is 64.1 Å². The Morgan fingerprint density at radius 1 is 1.10 bits per heavy atom. The molecule has 0 fully saturated rings. The summed E-state index contributed by atoms with van der Waals surface area (Å²) >= 11 is 0. The molecule has 0 aliphatic rings. The summed E-state index contributed by atoms with van der Waals surface area (Å²) in [4.78, 5) is 26.1. The van der Waals surface area contributed by atoms with Crippen molar-refractivity contribution in [1.29, 1.82) is 0 Å². The molecule has 0 spiro atoms. The molecule has 2 rings (SSSR count). The topological polar surface area (TPSA) is 62.0 Å². The number of carbonyl (C=O) groups excluding carboxylic acids is 1. The van der Waals surface area contributed by atoms with Crippen LogP contribution in [0.3, 0.4) is 0 Å². The maximum Gasteiger partial charge on any atom is 0.271 e. The van der Waals surface area contributed by atoms with Gasteiger partial charge in [0.05, 0.1) is 0 Å². The number of benzene rings is 1. The van der Waals surface area contributed by atoms with Gasteiger partial charge in [-0.1, -0.05) is 32.9 Å². The van der Waals surface area contributed by atoms with E-state index in [4.69, 9.17) is 0 Å². The molecule has 1 aromatic heterocycles.